The Hall–Kier alpha value is -1.84. The topological polar surface area (TPSA) is 49.4 Å². The number of hydrogen-bond acceptors (Lipinski definition) is 2. The molecule has 0 radical (unpaired) electrons. The smallest absolute Gasteiger partial charge is 0.246 e. The highest BCUT2D eigenvalue weighted by molar-refractivity contribution is 5.98. The maximum absolute atomic E-state index is 12.4. The minimum absolute atomic E-state index is 0.0332. The zero-order valence-electron chi connectivity index (χ0n) is 12.7. The normalized spacial score (nSPS) is 21.0. The van der Waals surface area contributed by atoms with Crippen molar-refractivity contribution in [1.82, 2.24) is 10.2 Å². The monoisotopic (exact) mass is 286 g/mol. The molecule has 2 aliphatic rings. The Morgan fingerprint density at radius 1 is 1.14 bits per heavy atom. The van der Waals surface area contributed by atoms with Crippen LogP contribution in [-0.2, 0) is 16.1 Å². The van der Waals surface area contributed by atoms with E-state index in [0.29, 0.717) is 6.54 Å². The Morgan fingerprint density at radius 3 is 2.38 bits per heavy atom. The standard InChI is InChI=1S/C17H22N2O2/c1-12-6-5-7-13(2)14(12)11-19-15(20)10-18-16(21)17(19)8-3-4-9-17/h5-7H,3-4,8-11H2,1-2H3,(H,18,21). The van der Waals surface area contributed by atoms with Crippen molar-refractivity contribution >= 4 is 11.8 Å². The van der Waals surface area contributed by atoms with Gasteiger partial charge in [-0.15, -0.1) is 0 Å². The first-order chi connectivity index (χ1) is 10.0. The molecule has 2 fully saturated rings. The Kier molecular flexibility index (Phi) is 3.47. The Morgan fingerprint density at radius 2 is 1.76 bits per heavy atom. The van der Waals surface area contributed by atoms with Crippen molar-refractivity contribution in [2.45, 2.75) is 51.6 Å². The number of piperazine rings is 1. The molecule has 1 aromatic carbocycles. The number of benzene rings is 1. The Bertz CT molecular complexity index is 568. The predicted octanol–water partition coefficient (Wildman–Crippen LogP) is 2.07. The van der Waals surface area contributed by atoms with E-state index in [1.807, 2.05) is 11.0 Å². The molecule has 4 heteroatoms. The Labute approximate surface area is 125 Å². The molecule has 4 nitrogen and oxygen atoms in total. The van der Waals surface area contributed by atoms with Gasteiger partial charge in [-0.1, -0.05) is 31.0 Å². The molecular formula is C17H22N2O2. The van der Waals surface area contributed by atoms with Crippen LogP contribution < -0.4 is 5.32 Å². The van der Waals surface area contributed by atoms with Gasteiger partial charge in [-0.25, -0.2) is 0 Å². The molecule has 21 heavy (non-hydrogen) atoms. The largest absolute Gasteiger partial charge is 0.345 e. The summed E-state index contributed by atoms with van der Waals surface area (Å²) >= 11 is 0. The third kappa shape index (κ3) is 2.23. The molecule has 0 bridgehead atoms. The summed E-state index contributed by atoms with van der Waals surface area (Å²) in [6, 6.07) is 6.17. The van der Waals surface area contributed by atoms with E-state index < -0.39 is 5.54 Å². The van der Waals surface area contributed by atoms with Gasteiger partial charge < -0.3 is 10.2 Å². The summed E-state index contributed by atoms with van der Waals surface area (Å²) in [4.78, 5) is 26.7. The molecule has 0 atom stereocenters. The van der Waals surface area contributed by atoms with E-state index in [9.17, 15) is 9.59 Å². The van der Waals surface area contributed by atoms with E-state index in [4.69, 9.17) is 0 Å². The molecule has 1 aliphatic heterocycles. The Balaban J connectivity index is 1.98. The average molecular weight is 286 g/mol. The number of nitrogens with zero attached hydrogens (tertiary/aromatic N) is 1. The van der Waals surface area contributed by atoms with Gasteiger partial charge in [0.1, 0.15) is 5.54 Å². The van der Waals surface area contributed by atoms with E-state index in [2.05, 4.69) is 31.3 Å². The molecular weight excluding hydrogens is 264 g/mol. The van der Waals surface area contributed by atoms with Crippen LogP contribution in [0.2, 0.25) is 0 Å². The van der Waals surface area contributed by atoms with Crippen molar-refractivity contribution in [3.63, 3.8) is 0 Å². The maximum Gasteiger partial charge on any atom is 0.246 e. The first kappa shape index (κ1) is 14.1. The summed E-state index contributed by atoms with van der Waals surface area (Å²) in [5.74, 6) is 0.0741. The second kappa shape index (κ2) is 5.17. The molecule has 0 unspecified atom stereocenters. The summed E-state index contributed by atoms with van der Waals surface area (Å²) < 4.78 is 0. The van der Waals surface area contributed by atoms with Gasteiger partial charge in [0.2, 0.25) is 11.8 Å². The lowest BCUT2D eigenvalue weighted by atomic mass is 9.90. The van der Waals surface area contributed by atoms with Crippen LogP contribution in [0.1, 0.15) is 42.4 Å². The van der Waals surface area contributed by atoms with Crippen LogP contribution in [0, 0.1) is 13.8 Å². The zero-order chi connectivity index (χ0) is 15.0. The molecule has 1 aliphatic carbocycles. The summed E-state index contributed by atoms with van der Waals surface area (Å²) in [5, 5.41) is 2.78. The lowest BCUT2D eigenvalue weighted by Gasteiger charge is -2.44. The van der Waals surface area contributed by atoms with E-state index in [1.54, 1.807) is 0 Å². The van der Waals surface area contributed by atoms with E-state index in [-0.39, 0.29) is 18.4 Å². The van der Waals surface area contributed by atoms with Gasteiger partial charge in [0, 0.05) is 6.54 Å². The molecule has 0 aromatic heterocycles. The van der Waals surface area contributed by atoms with Gasteiger partial charge in [0.25, 0.3) is 0 Å². The van der Waals surface area contributed by atoms with Crippen LogP contribution in [0.25, 0.3) is 0 Å². The fourth-order valence-electron chi connectivity index (χ4n) is 3.73. The first-order valence-corrected chi connectivity index (χ1v) is 7.68. The number of rotatable bonds is 2. The quantitative estimate of drug-likeness (QED) is 0.905. The lowest BCUT2D eigenvalue weighted by molar-refractivity contribution is -0.154. The molecule has 1 aromatic rings. The molecule has 2 amide bonds. The zero-order valence-corrected chi connectivity index (χ0v) is 12.7. The highest BCUT2D eigenvalue weighted by Crippen LogP contribution is 2.38. The molecule has 1 saturated carbocycles. The number of carbonyl (C=O) groups is 2. The van der Waals surface area contributed by atoms with Crippen LogP contribution in [-0.4, -0.2) is 28.8 Å². The van der Waals surface area contributed by atoms with Crippen LogP contribution in [0.15, 0.2) is 18.2 Å². The van der Waals surface area contributed by atoms with Crippen molar-refractivity contribution in [2.24, 2.45) is 0 Å². The predicted molar refractivity (Wildman–Crippen MR) is 80.7 cm³/mol. The fourth-order valence-corrected chi connectivity index (χ4v) is 3.73. The van der Waals surface area contributed by atoms with Crippen molar-refractivity contribution in [1.29, 1.82) is 0 Å². The number of carbonyl (C=O) groups excluding carboxylic acids is 2. The molecule has 1 heterocycles. The number of nitrogens with one attached hydrogen (secondary N) is 1. The van der Waals surface area contributed by atoms with Crippen molar-refractivity contribution < 1.29 is 9.59 Å². The number of aryl methyl sites for hydroxylation is 2. The minimum atomic E-state index is -0.607. The van der Waals surface area contributed by atoms with Crippen LogP contribution in [0.5, 0.6) is 0 Å². The highest BCUT2D eigenvalue weighted by Gasteiger charge is 2.50. The maximum atomic E-state index is 12.4. The number of amides is 2. The van der Waals surface area contributed by atoms with Crippen molar-refractivity contribution in [3.8, 4) is 0 Å². The summed E-state index contributed by atoms with van der Waals surface area (Å²) in [5.41, 5.74) is 2.93. The summed E-state index contributed by atoms with van der Waals surface area (Å²) in [6.07, 6.45) is 3.61. The number of hydrogen-bond donors (Lipinski definition) is 1. The fraction of sp³-hybridized carbons (Fsp3) is 0.529. The molecule has 1 N–H and O–H groups in total. The van der Waals surface area contributed by atoms with Gasteiger partial charge >= 0.3 is 0 Å². The van der Waals surface area contributed by atoms with Crippen LogP contribution in [0.4, 0.5) is 0 Å². The highest BCUT2D eigenvalue weighted by atomic mass is 16.2. The van der Waals surface area contributed by atoms with E-state index >= 15 is 0 Å². The second-order valence-corrected chi connectivity index (χ2v) is 6.27. The third-order valence-corrected chi connectivity index (χ3v) is 5.03. The van der Waals surface area contributed by atoms with Crippen molar-refractivity contribution in [2.75, 3.05) is 6.54 Å². The molecule has 3 rings (SSSR count). The van der Waals surface area contributed by atoms with Gasteiger partial charge in [0.05, 0.1) is 6.54 Å². The molecule has 1 spiro atoms. The average Bonchev–Trinajstić information content (AvgIpc) is 2.93. The van der Waals surface area contributed by atoms with Gasteiger partial charge in [-0.05, 0) is 43.4 Å². The summed E-state index contributed by atoms with van der Waals surface area (Å²) in [7, 11) is 0. The van der Waals surface area contributed by atoms with Crippen LogP contribution in [0.3, 0.4) is 0 Å². The van der Waals surface area contributed by atoms with Crippen molar-refractivity contribution in [3.05, 3.63) is 34.9 Å². The van der Waals surface area contributed by atoms with Gasteiger partial charge in [-0.3, -0.25) is 9.59 Å². The molecule has 112 valence electrons. The second-order valence-electron chi connectivity index (χ2n) is 6.27. The van der Waals surface area contributed by atoms with Gasteiger partial charge in [0.15, 0.2) is 0 Å². The minimum Gasteiger partial charge on any atom is -0.345 e. The van der Waals surface area contributed by atoms with Gasteiger partial charge in [-0.2, -0.15) is 0 Å². The molecule has 1 saturated heterocycles. The SMILES string of the molecule is Cc1cccc(C)c1CN1C(=O)CNC(=O)C12CCCC2. The lowest BCUT2D eigenvalue weighted by Crippen LogP contribution is -2.65. The van der Waals surface area contributed by atoms with E-state index in [0.717, 1.165) is 25.7 Å². The first-order valence-electron chi connectivity index (χ1n) is 7.68. The summed E-state index contributed by atoms with van der Waals surface area (Å²) in [6.45, 7) is 4.81. The third-order valence-electron chi connectivity index (χ3n) is 5.03. The van der Waals surface area contributed by atoms with Crippen LogP contribution >= 0.6 is 0 Å². The van der Waals surface area contributed by atoms with E-state index in [1.165, 1.54) is 16.7 Å².